The molecule has 11 heteroatoms. The first-order valence-corrected chi connectivity index (χ1v) is 8.62. The van der Waals surface area contributed by atoms with E-state index in [-0.39, 0.29) is 16.3 Å². The predicted octanol–water partition coefficient (Wildman–Crippen LogP) is 2.37. The van der Waals surface area contributed by atoms with Crippen molar-refractivity contribution in [1.82, 2.24) is 25.1 Å². The third-order valence-electron chi connectivity index (χ3n) is 3.73. The van der Waals surface area contributed by atoms with Gasteiger partial charge in [-0.3, -0.25) is 14.9 Å². The topological polar surface area (TPSA) is 128 Å². The van der Waals surface area contributed by atoms with Crippen LogP contribution >= 0.6 is 11.6 Å². The van der Waals surface area contributed by atoms with E-state index in [2.05, 4.69) is 25.7 Å². The van der Waals surface area contributed by atoms with Crippen LogP contribution in [-0.4, -0.2) is 43.7 Å². The Balaban J connectivity index is 1.53. The number of nitrogens with zero attached hydrogens (tertiary/aromatic N) is 5. The number of aromatic nitrogens is 4. The quantitative estimate of drug-likeness (QED) is 0.353. The summed E-state index contributed by atoms with van der Waals surface area (Å²) < 4.78 is 1.64. The average Bonchev–Trinajstić information content (AvgIpc) is 3.11. The Morgan fingerprint density at radius 2 is 2.07 bits per heavy atom. The molecule has 1 amide bonds. The Hall–Kier alpha value is -3.53. The normalized spacial score (nSPS) is 10.5. The van der Waals surface area contributed by atoms with Gasteiger partial charge in [-0.2, -0.15) is 5.10 Å². The van der Waals surface area contributed by atoms with Gasteiger partial charge in [0.2, 0.25) is 0 Å². The van der Waals surface area contributed by atoms with E-state index in [0.717, 1.165) is 11.8 Å². The summed E-state index contributed by atoms with van der Waals surface area (Å²) in [5.41, 5.74) is 0.876. The van der Waals surface area contributed by atoms with Gasteiger partial charge in [0.25, 0.3) is 11.6 Å². The third-order valence-corrected chi connectivity index (χ3v) is 4.05. The summed E-state index contributed by atoms with van der Waals surface area (Å²) in [6, 6.07) is 7.31. The molecule has 0 spiro atoms. The van der Waals surface area contributed by atoms with E-state index in [1.165, 1.54) is 18.5 Å². The van der Waals surface area contributed by atoms with Crippen molar-refractivity contribution in [3.05, 3.63) is 69.3 Å². The number of non-ortho nitro benzene ring substituents is 1. The van der Waals surface area contributed by atoms with Crippen LogP contribution in [0.15, 0.2) is 42.9 Å². The molecule has 0 radical (unpaired) electrons. The Labute approximate surface area is 164 Å². The van der Waals surface area contributed by atoms with E-state index in [1.807, 2.05) is 13.0 Å². The number of nitro benzene ring substituents is 1. The summed E-state index contributed by atoms with van der Waals surface area (Å²) in [4.78, 5) is 30.6. The molecule has 0 fully saturated rings. The third kappa shape index (κ3) is 4.60. The monoisotopic (exact) mass is 401 g/mol. The maximum absolute atomic E-state index is 12.2. The van der Waals surface area contributed by atoms with Gasteiger partial charge in [0.05, 0.1) is 21.2 Å². The second-order valence-corrected chi connectivity index (χ2v) is 6.17. The van der Waals surface area contributed by atoms with Crippen molar-refractivity contribution in [3.63, 3.8) is 0 Å². The summed E-state index contributed by atoms with van der Waals surface area (Å²) >= 11 is 5.95. The van der Waals surface area contributed by atoms with Crippen LogP contribution in [-0.2, 0) is 0 Å². The number of aryl methyl sites for hydroxylation is 1. The molecule has 28 heavy (non-hydrogen) atoms. The summed E-state index contributed by atoms with van der Waals surface area (Å²) in [5, 5.41) is 20.8. The van der Waals surface area contributed by atoms with Crippen molar-refractivity contribution in [2.75, 3.05) is 18.4 Å². The molecule has 2 aromatic heterocycles. The second kappa shape index (κ2) is 8.44. The van der Waals surface area contributed by atoms with Gasteiger partial charge in [0, 0.05) is 37.5 Å². The van der Waals surface area contributed by atoms with E-state index in [9.17, 15) is 14.9 Å². The molecule has 0 aliphatic rings. The maximum atomic E-state index is 12.2. The first-order valence-electron chi connectivity index (χ1n) is 8.25. The number of rotatable bonds is 7. The molecule has 0 aliphatic carbocycles. The smallest absolute Gasteiger partial charge is 0.270 e. The first kappa shape index (κ1) is 19.2. The molecule has 3 aromatic rings. The van der Waals surface area contributed by atoms with E-state index in [1.54, 1.807) is 16.9 Å². The fraction of sp³-hybridized carbons (Fsp3) is 0.176. The molecule has 0 atom stereocenters. The number of hydrogen-bond donors (Lipinski definition) is 2. The van der Waals surface area contributed by atoms with Gasteiger partial charge in [0.15, 0.2) is 5.82 Å². The summed E-state index contributed by atoms with van der Waals surface area (Å²) in [6.07, 6.45) is 3.22. The molecule has 3 rings (SSSR count). The number of nitro groups is 1. The number of amides is 1. The zero-order valence-corrected chi connectivity index (χ0v) is 15.6. The summed E-state index contributed by atoms with van der Waals surface area (Å²) in [5.74, 6) is 0.783. The fourth-order valence-corrected chi connectivity index (χ4v) is 2.64. The molecule has 2 heterocycles. The van der Waals surface area contributed by atoms with Crippen molar-refractivity contribution >= 4 is 29.0 Å². The summed E-state index contributed by atoms with van der Waals surface area (Å²) in [6.45, 7) is 2.59. The minimum Gasteiger partial charge on any atom is -0.368 e. The van der Waals surface area contributed by atoms with Crippen molar-refractivity contribution in [2.24, 2.45) is 0 Å². The summed E-state index contributed by atoms with van der Waals surface area (Å²) in [7, 11) is 0. The van der Waals surface area contributed by atoms with E-state index in [4.69, 9.17) is 11.6 Å². The van der Waals surface area contributed by atoms with Crippen molar-refractivity contribution in [3.8, 4) is 5.82 Å². The van der Waals surface area contributed by atoms with Gasteiger partial charge in [-0.25, -0.2) is 14.6 Å². The highest BCUT2D eigenvalue weighted by Gasteiger charge is 2.14. The maximum Gasteiger partial charge on any atom is 0.270 e. The van der Waals surface area contributed by atoms with Crippen LogP contribution in [0.5, 0.6) is 0 Å². The largest absolute Gasteiger partial charge is 0.368 e. The van der Waals surface area contributed by atoms with E-state index < -0.39 is 10.8 Å². The Kier molecular flexibility index (Phi) is 5.80. The molecule has 0 bridgehead atoms. The molecule has 144 valence electrons. The van der Waals surface area contributed by atoms with Crippen LogP contribution in [0.25, 0.3) is 5.82 Å². The van der Waals surface area contributed by atoms with Gasteiger partial charge in [-0.1, -0.05) is 11.6 Å². The average molecular weight is 402 g/mol. The Bertz CT molecular complexity index is 1020. The lowest BCUT2D eigenvalue weighted by Gasteiger charge is -2.09. The molecule has 0 saturated carbocycles. The second-order valence-electron chi connectivity index (χ2n) is 5.77. The minimum atomic E-state index is -0.571. The number of carbonyl (C=O) groups excluding carboxylic acids is 1. The molecular formula is C17H16ClN7O3. The van der Waals surface area contributed by atoms with Gasteiger partial charge >= 0.3 is 0 Å². The van der Waals surface area contributed by atoms with Crippen LogP contribution in [0, 0.1) is 17.0 Å². The lowest BCUT2D eigenvalue weighted by molar-refractivity contribution is -0.384. The van der Waals surface area contributed by atoms with Crippen LogP contribution in [0.1, 0.15) is 16.1 Å². The van der Waals surface area contributed by atoms with Gasteiger partial charge < -0.3 is 10.6 Å². The highest BCUT2D eigenvalue weighted by atomic mass is 35.5. The number of benzene rings is 1. The predicted molar refractivity (Wildman–Crippen MR) is 103 cm³/mol. The zero-order chi connectivity index (χ0) is 20.1. The van der Waals surface area contributed by atoms with Crippen LogP contribution in [0.3, 0.4) is 0 Å². The molecule has 0 saturated heterocycles. The molecule has 0 unspecified atom stereocenters. The molecule has 1 aromatic carbocycles. The highest BCUT2D eigenvalue weighted by molar-refractivity contribution is 6.34. The van der Waals surface area contributed by atoms with E-state index >= 15 is 0 Å². The van der Waals surface area contributed by atoms with Crippen LogP contribution < -0.4 is 10.6 Å². The van der Waals surface area contributed by atoms with Crippen molar-refractivity contribution < 1.29 is 9.72 Å². The SMILES string of the molecule is Cc1ccn(-c2cc(NCCNC(=O)c3ccc([N+](=O)[O-])cc3Cl)ncn2)n1. The highest BCUT2D eigenvalue weighted by Crippen LogP contribution is 2.22. The molecular weight excluding hydrogens is 386 g/mol. The van der Waals surface area contributed by atoms with Crippen LogP contribution in [0.4, 0.5) is 11.5 Å². The van der Waals surface area contributed by atoms with E-state index in [0.29, 0.717) is 24.7 Å². The van der Waals surface area contributed by atoms with Gasteiger partial charge in [0.1, 0.15) is 12.1 Å². The minimum absolute atomic E-state index is 0.0228. The lowest BCUT2D eigenvalue weighted by atomic mass is 10.2. The molecule has 2 N–H and O–H groups in total. The van der Waals surface area contributed by atoms with Gasteiger partial charge in [-0.05, 0) is 19.1 Å². The standard InChI is InChI=1S/C17H16ClN7O3/c1-11-4-7-24(23-11)16-9-15(21-10-22-16)19-5-6-20-17(26)13-3-2-12(25(27)28)8-14(13)18/h2-4,7-10H,5-6H2,1H3,(H,20,26)(H,19,21,22). The number of nitrogens with one attached hydrogen (secondary N) is 2. The number of hydrogen-bond acceptors (Lipinski definition) is 7. The van der Waals surface area contributed by atoms with Gasteiger partial charge in [-0.15, -0.1) is 0 Å². The fourth-order valence-electron chi connectivity index (χ4n) is 2.38. The number of halogens is 1. The lowest BCUT2D eigenvalue weighted by Crippen LogP contribution is -2.29. The Morgan fingerprint density at radius 1 is 1.25 bits per heavy atom. The Morgan fingerprint density at radius 3 is 2.75 bits per heavy atom. The molecule has 10 nitrogen and oxygen atoms in total. The van der Waals surface area contributed by atoms with Crippen LogP contribution in [0.2, 0.25) is 5.02 Å². The van der Waals surface area contributed by atoms with Crippen molar-refractivity contribution in [1.29, 1.82) is 0 Å². The number of carbonyl (C=O) groups is 1. The number of anilines is 1. The zero-order valence-electron chi connectivity index (χ0n) is 14.8. The first-order chi connectivity index (χ1) is 13.4. The van der Waals surface area contributed by atoms with Crippen molar-refractivity contribution in [2.45, 2.75) is 6.92 Å². The molecule has 0 aliphatic heterocycles.